The van der Waals surface area contributed by atoms with Crippen molar-refractivity contribution in [1.29, 1.82) is 0 Å². The summed E-state index contributed by atoms with van der Waals surface area (Å²) in [5, 5.41) is 3.90. The lowest BCUT2D eigenvalue weighted by Crippen LogP contribution is -2.60. The zero-order chi connectivity index (χ0) is 19.9. The summed E-state index contributed by atoms with van der Waals surface area (Å²) in [6, 6.07) is 13.3. The van der Waals surface area contributed by atoms with Gasteiger partial charge in [-0.25, -0.2) is 4.79 Å². The topological polar surface area (TPSA) is 67.2 Å². The predicted molar refractivity (Wildman–Crippen MR) is 109 cm³/mol. The van der Waals surface area contributed by atoms with Crippen LogP contribution in [0.15, 0.2) is 59.7 Å². The highest BCUT2D eigenvalue weighted by Crippen LogP contribution is 2.47. The van der Waals surface area contributed by atoms with E-state index >= 15 is 0 Å². The normalized spacial score (nSPS) is 18.0. The van der Waals surface area contributed by atoms with Crippen LogP contribution in [-0.4, -0.2) is 27.0 Å². The summed E-state index contributed by atoms with van der Waals surface area (Å²) in [7, 11) is 1.76. The van der Waals surface area contributed by atoms with Gasteiger partial charge >= 0.3 is 6.03 Å². The molecule has 2 amide bonds. The first-order valence-electron chi connectivity index (χ1n) is 9.40. The van der Waals surface area contributed by atoms with Crippen molar-refractivity contribution >= 4 is 16.9 Å². The quantitative estimate of drug-likeness (QED) is 0.763. The third-order valence-corrected chi connectivity index (χ3v) is 5.53. The molecule has 1 fully saturated rings. The summed E-state index contributed by atoms with van der Waals surface area (Å²) in [4.78, 5) is 31.4. The van der Waals surface area contributed by atoms with Gasteiger partial charge in [0.1, 0.15) is 0 Å². The van der Waals surface area contributed by atoms with E-state index in [1.165, 1.54) is 0 Å². The highest BCUT2D eigenvalue weighted by molar-refractivity contribution is 5.80. The molecule has 1 N–H and O–H groups in total. The highest BCUT2D eigenvalue weighted by Gasteiger charge is 2.48. The average molecular weight is 376 g/mol. The van der Waals surface area contributed by atoms with Crippen LogP contribution in [0.5, 0.6) is 0 Å². The van der Waals surface area contributed by atoms with E-state index in [4.69, 9.17) is 0 Å². The van der Waals surface area contributed by atoms with Crippen LogP contribution in [0.3, 0.4) is 0 Å². The largest absolute Gasteiger partial charge is 0.334 e. The molecule has 1 aliphatic heterocycles. The number of hydrogen-bond acceptors (Lipinski definition) is 3. The van der Waals surface area contributed by atoms with Crippen molar-refractivity contribution in [2.24, 2.45) is 12.5 Å². The van der Waals surface area contributed by atoms with E-state index in [1.54, 1.807) is 17.8 Å². The number of aryl methyl sites for hydroxylation is 1. The lowest BCUT2D eigenvalue weighted by Gasteiger charge is -2.54. The number of amides is 2. The molecule has 6 heteroatoms. The number of rotatable bonds is 3. The van der Waals surface area contributed by atoms with Gasteiger partial charge in [-0.2, -0.15) is 0 Å². The number of nitrogens with zero attached hydrogens (tertiary/aromatic N) is 3. The summed E-state index contributed by atoms with van der Waals surface area (Å²) >= 11 is 0. The molecule has 0 saturated carbocycles. The van der Waals surface area contributed by atoms with Crippen molar-refractivity contribution in [3.63, 3.8) is 0 Å². The summed E-state index contributed by atoms with van der Waals surface area (Å²) in [6.45, 7) is 5.15. The summed E-state index contributed by atoms with van der Waals surface area (Å²) in [5.41, 5.74) is 2.37. The Morgan fingerprint density at radius 3 is 2.75 bits per heavy atom. The van der Waals surface area contributed by atoms with Gasteiger partial charge in [0.05, 0.1) is 11.6 Å². The van der Waals surface area contributed by atoms with Crippen LogP contribution in [0, 0.1) is 5.41 Å². The molecule has 3 heterocycles. The van der Waals surface area contributed by atoms with Crippen molar-refractivity contribution in [2.45, 2.75) is 26.4 Å². The van der Waals surface area contributed by atoms with Crippen LogP contribution in [-0.2, 0) is 13.6 Å². The number of nitrogens with one attached hydrogen (secondary N) is 1. The van der Waals surface area contributed by atoms with Crippen LogP contribution in [0.4, 0.5) is 4.79 Å². The molecule has 2 aromatic heterocycles. The molecule has 1 atom stereocenters. The Labute approximate surface area is 163 Å². The second kappa shape index (κ2) is 6.78. The zero-order valence-electron chi connectivity index (χ0n) is 16.3. The molecule has 1 aliphatic rings. The Kier molecular flexibility index (Phi) is 4.41. The van der Waals surface area contributed by atoms with Crippen LogP contribution in [0.25, 0.3) is 10.9 Å². The fourth-order valence-electron chi connectivity index (χ4n) is 4.17. The molecule has 1 unspecified atom stereocenters. The Morgan fingerprint density at radius 2 is 2.04 bits per heavy atom. The van der Waals surface area contributed by atoms with Crippen molar-refractivity contribution in [2.75, 3.05) is 6.54 Å². The molecule has 1 aromatic carbocycles. The minimum atomic E-state index is -0.164. The van der Waals surface area contributed by atoms with Gasteiger partial charge in [0.15, 0.2) is 0 Å². The van der Waals surface area contributed by atoms with Crippen molar-refractivity contribution in [3.8, 4) is 0 Å². The van der Waals surface area contributed by atoms with Gasteiger partial charge in [-0.05, 0) is 29.1 Å². The number of carbonyl (C=O) groups excluding carboxylic acids is 1. The monoisotopic (exact) mass is 376 g/mol. The molecule has 1 saturated heterocycles. The third-order valence-electron chi connectivity index (χ3n) is 5.53. The van der Waals surface area contributed by atoms with Gasteiger partial charge in [-0.3, -0.25) is 9.78 Å². The molecule has 4 rings (SSSR count). The molecule has 28 heavy (non-hydrogen) atoms. The average Bonchev–Trinajstić information content (AvgIpc) is 2.68. The van der Waals surface area contributed by atoms with Gasteiger partial charge in [0.2, 0.25) is 0 Å². The summed E-state index contributed by atoms with van der Waals surface area (Å²) in [6.07, 6.45) is 3.54. The first-order valence-corrected chi connectivity index (χ1v) is 9.40. The standard InChI is InChI=1S/C22H24N4O2/c1-22(2)14-26(19(22)16-8-6-10-23-12-16)21(28)24-13-17-11-15-7-4-5-9-18(15)25(3)20(17)27/h4-12,19H,13-14H2,1-3H3,(H,24,28). The Hall–Kier alpha value is -3.15. The number of pyridine rings is 2. The Morgan fingerprint density at radius 1 is 1.25 bits per heavy atom. The number of hydrogen-bond donors (Lipinski definition) is 1. The molecule has 0 bridgehead atoms. The molecule has 0 spiro atoms. The number of fused-ring (bicyclic) bond motifs is 1. The number of carbonyl (C=O) groups is 1. The fourth-order valence-corrected chi connectivity index (χ4v) is 4.17. The Balaban J connectivity index is 1.53. The van der Waals surface area contributed by atoms with Crippen LogP contribution in [0.2, 0.25) is 0 Å². The van der Waals surface area contributed by atoms with E-state index in [0.29, 0.717) is 12.1 Å². The second-order valence-electron chi connectivity index (χ2n) is 8.06. The molecule has 144 valence electrons. The van der Waals surface area contributed by atoms with Gasteiger partial charge in [0.25, 0.3) is 5.56 Å². The molecular formula is C22H24N4O2. The van der Waals surface area contributed by atoms with E-state index in [2.05, 4.69) is 24.1 Å². The maximum Gasteiger partial charge on any atom is 0.318 e. The van der Waals surface area contributed by atoms with Crippen LogP contribution in [0.1, 0.15) is 31.0 Å². The maximum absolute atomic E-state index is 12.8. The second-order valence-corrected chi connectivity index (χ2v) is 8.06. The number of benzene rings is 1. The minimum Gasteiger partial charge on any atom is -0.334 e. The van der Waals surface area contributed by atoms with E-state index in [0.717, 1.165) is 16.5 Å². The van der Waals surface area contributed by atoms with Crippen molar-refractivity contribution < 1.29 is 4.79 Å². The lowest BCUT2D eigenvalue weighted by atomic mass is 9.72. The smallest absolute Gasteiger partial charge is 0.318 e. The highest BCUT2D eigenvalue weighted by atomic mass is 16.2. The lowest BCUT2D eigenvalue weighted by molar-refractivity contribution is -0.0167. The molecule has 3 aromatic rings. The van der Waals surface area contributed by atoms with Gasteiger partial charge in [0, 0.05) is 43.5 Å². The van der Waals surface area contributed by atoms with Crippen LogP contribution >= 0.6 is 0 Å². The molecule has 0 radical (unpaired) electrons. The number of urea groups is 1. The zero-order valence-corrected chi connectivity index (χ0v) is 16.3. The predicted octanol–water partition coefficient (Wildman–Crippen LogP) is 3.23. The molecule has 0 aliphatic carbocycles. The fraction of sp³-hybridized carbons (Fsp3) is 0.318. The third kappa shape index (κ3) is 3.05. The first-order chi connectivity index (χ1) is 13.4. The minimum absolute atomic E-state index is 0.0144. The summed E-state index contributed by atoms with van der Waals surface area (Å²) < 4.78 is 1.63. The van der Waals surface area contributed by atoms with Crippen molar-refractivity contribution in [3.05, 3.63) is 76.3 Å². The molecular weight excluding hydrogens is 352 g/mol. The molecule has 6 nitrogen and oxygen atoms in total. The SMILES string of the molecule is Cn1c(=O)c(CNC(=O)N2CC(C)(C)C2c2cccnc2)cc2ccccc21. The van der Waals surface area contributed by atoms with Gasteiger partial charge in [-0.1, -0.05) is 38.1 Å². The Bertz CT molecular complexity index is 1090. The van der Waals surface area contributed by atoms with E-state index in [1.807, 2.05) is 53.6 Å². The van der Waals surface area contributed by atoms with E-state index in [-0.39, 0.29) is 29.6 Å². The van der Waals surface area contributed by atoms with Gasteiger partial charge < -0.3 is 14.8 Å². The van der Waals surface area contributed by atoms with Crippen molar-refractivity contribution in [1.82, 2.24) is 19.8 Å². The van der Waals surface area contributed by atoms with Crippen LogP contribution < -0.4 is 10.9 Å². The van der Waals surface area contributed by atoms with Gasteiger partial charge in [-0.15, -0.1) is 0 Å². The maximum atomic E-state index is 12.8. The first kappa shape index (κ1) is 18.2. The summed E-state index contributed by atoms with van der Waals surface area (Å²) in [5.74, 6) is 0. The van der Waals surface area contributed by atoms with E-state index < -0.39 is 0 Å². The number of likely N-dealkylation sites (tertiary alicyclic amines) is 1. The van der Waals surface area contributed by atoms with E-state index in [9.17, 15) is 9.59 Å². The number of aromatic nitrogens is 2. The number of para-hydroxylation sites is 1.